The van der Waals surface area contributed by atoms with Gasteiger partial charge in [-0.05, 0) is 30.7 Å². The number of aromatic nitrogens is 1. The Kier molecular flexibility index (Phi) is 2.81. The molecule has 2 aromatic rings. The lowest BCUT2D eigenvalue weighted by Gasteiger charge is -2.07. The van der Waals surface area contributed by atoms with Gasteiger partial charge in [0.1, 0.15) is 5.75 Å². The number of ether oxygens (including phenoxy) is 1. The Morgan fingerprint density at radius 2 is 1.94 bits per heavy atom. The first kappa shape index (κ1) is 10.5. The van der Waals surface area contributed by atoms with E-state index >= 15 is 0 Å². The van der Waals surface area contributed by atoms with E-state index in [1.54, 1.807) is 12.1 Å². The van der Waals surface area contributed by atoms with Crippen molar-refractivity contribution in [2.45, 2.75) is 6.92 Å². The van der Waals surface area contributed by atoms with Crippen LogP contribution < -0.4 is 4.74 Å². The smallest absolute Gasteiger partial charge is 0.216 e. The molecule has 2 rings (SSSR count). The quantitative estimate of drug-likeness (QED) is 0.724. The summed E-state index contributed by atoms with van der Waals surface area (Å²) in [7, 11) is 0. The number of pyridine rings is 1. The fraction of sp³-hybridized carbons (Fsp3) is 0.0833. The molecule has 0 aliphatic carbocycles. The molecule has 0 bridgehead atoms. The number of rotatable bonds is 2. The van der Waals surface area contributed by atoms with E-state index in [0.29, 0.717) is 0 Å². The number of nitrogens with zero attached hydrogens (tertiary/aromatic N) is 1. The minimum Gasteiger partial charge on any atom is -0.454 e. The molecular weight excluding hydrogens is 212 g/mol. The standard InChI is InChI=1S/C12H9F2NO/c1-8-2-3-10(13)11(6-8)16-9-4-5-15-12(14)7-9/h2-7H,1H3. The van der Waals surface area contributed by atoms with Crippen LogP contribution in [0, 0.1) is 18.7 Å². The third-order valence-corrected chi connectivity index (χ3v) is 2.01. The molecule has 2 nitrogen and oxygen atoms in total. The SMILES string of the molecule is Cc1ccc(F)c(Oc2ccnc(F)c2)c1. The Labute approximate surface area is 91.5 Å². The predicted molar refractivity (Wildman–Crippen MR) is 55.4 cm³/mol. The Bertz CT molecular complexity index is 514. The zero-order valence-electron chi connectivity index (χ0n) is 8.58. The molecule has 1 aromatic heterocycles. The number of aryl methyl sites for hydroxylation is 1. The highest BCUT2D eigenvalue weighted by atomic mass is 19.1. The van der Waals surface area contributed by atoms with Crippen LogP contribution in [-0.2, 0) is 0 Å². The molecule has 0 atom stereocenters. The first-order valence-electron chi connectivity index (χ1n) is 4.71. The molecular formula is C12H9F2NO. The highest BCUT2D eigenvalue weighted by Gasteiger charge is 2.05. The van der Waals surface area contributed by atoms with Crippen LogP contribution in [0.1, 0.15) is 5.56 Å². The summed E-state index contributed by atoms with van der Waals surface area (Å²) >= 11 is 0. The average Bonchev–Trinajstić information content (AvgIpc) is 2.24. The fourth-order valence-electron chi connectivity index (χ4n) is 1.26. The van der Waals surface area contributed by atoms with Crippen molar-refractivity contribution in [3.05, 3.63) is 53.9 Å². The van der Waals surface area contributed by atoms with Crippen LogP contribution in [0.15, 0.2) is 36.5 Å². The van der Waals surface area contributed by atoms with Crippen molar-refractivity contribution in [1.29, 1.82) is 0 Å². The van der Waals surface area contributed by atoms with Gasteiger partial charge in [0.05, 0.1) is 0 Å². The number of hydrogen-bond donors (Lipinski definition) is 0. The second-order valence-electron chi connectivity index (χ2n) is 3.35. The summed E-state index contributed by atoms with van der Waals surface area (Å²) in [6, 6.07) is 7.05. The first-order chi connectivity index (χ1) is 7.65. The highest BCUT2D eigenvalue weighted by Crippen LogP contribution is 2.25. The maximum atomic E-state index is 13.3. The van der Waals surface area contributed by atoms with Gasteiger partial charge in [-0.1, -0.05) is 6.07 Å². The summed E-state index contributed by atoms with van der Waals surface area (Å²) in [4.78, 5) is 3.38. The van der Waals surface area contributed by atoms with Crippen LogP contribution in [0.3, 0.4) is 0 Å². The minimum absolute atomic E-state index is 0.0746. The van der Waals surface area contributed by atoms with Crippen molar-refractivity contribution in [3.8, 4) is 11.5 Å². The molecule has 4 heteroatoms. The highest BCUT2D eigenvalue weighted by molar-refractivity contribution is 5.34. The topological polar surface area (TPSA) is 22.1 Å². The van der Waals surface area contributed by atoms with Crippen LogP contribution in [-0.4, -0.2) is 4.98 Å². The van der Waals surface area contributed by atoms with Crippen molar-refractivity contribution in [3.63, 3.8) is 0 Å². The van der Waals surface area contributed by atoms with Crippen LogP contribution in [0.5, 0.6) is 11.5 Å². The summed E-state index contributed by atoms with van der Waals surface area (Å²) in [5, 5.41) is 0. The van der Waals surface area contributed by atoms with E-state index in [-0.39, 0.29) is 11.5 Å². The Balaban J connectivity index is 2.30. The van der Waals surface area contributed by atoms with Crippen molar-refractivity contribution < 1.29 is 13.5 Å². The Hall–Kier alpha value is -1.97. The van der Waals surface area contributed by atoms with Crippen molar-refractivity contribution >= 4 is 0 Å². The summed E-state index contributed by atoms with van der Waals surface area (Å²) in [5.41, 5.74) is 0.867. The van der Waals surface area contributed by atoms with Gasteiger partial charge in [-0.15, -0.1) is 0 Å². The molecule has 1 aromatic carbocycles. The second kappa shape index (κ2) is 4.26. The normalized spacial score (nSPS) is 10.2. The van der Waals surface area contributed by atoms with E-state index in [1.165, 1.54) is 18.3 Å². The largest absolute Gasteiger partial charge is 0.454 e. The van der Waals surface area contributed by atoms with Gasteiger partial charge in [0.2, 0.25) is 5.95 Å². The average molecular weight is 221 g/mol. The van der Waals surface area contributed by atoms with Crippen molar-refractivity contribution in [2.75, 3.05) is 0 Å². The molecule has 1 heterocycles. The van der Waals surface area contributed by atoms with Gasteiger partial charge in [-0.3, -0.25) is 0 Å². The van der Waals surface area contributed by atoms with Gasteiger partial charge in [-0.25, -0.2) is 9.37 Å². The maximum Gasteiger partial charge on any atom is 0.216 e. The fourth-order valence-corrected chi connectivity index (χ4v) is 1.26. The minimum atomic E-state index is -0.662. The Morgan fingerprint density at radius 3 is 2.69 bits per heavy atom. The number of hydrogen-bond acceptors (Lipinski definition) is 2. The third-order valence-electron chi connectivity index (χ3n) is 2.01. The monoisotopic (exact) mass is 221 g/mol. The molecule has 0 saturated carbocycles. The molecule has 0 fully saturated rings. The van der Waals surface area contributed by atoms with E-state index in [0.717, 1.165) is 11.6 Å². The molecule has 0 amide bonds. The zero-order chi connectivity index (χ0) is 11.5. The van der Waals surface area contributed by atoms with E-state index in [9.17, 15) is 8.78 Å². The van der Waals surface area contributed by atoms with Gasteiger partial charge in [0.15, 0.2) is 11.6 Å². The zero-order valence-corrected chi connectivity index (χ0v) is 8.58. The lowest BCUT2D eigenvalue weighted by atomic mass is 10.2. The summed E-state index contributed by atoms with van der Waals surface area (Å²) in [6.07, 6.45) is 1.26. The maximum absolute atomic E-state index is 13.3. The third kappa shape index (κ3) is 2.34. The Morgan fingerprint density at radius 1 is 1.12 bits per heavy atom. The number of halogens is 2. The van der Waals surface area contributed by atoms with Crippen LogP contribution >= 0.6 is 0 Å². The van der Waals surface area contributed by atoms with Gasteiger partial charge in [0, 0.05) is 12.3 Å². The summed E-state index contributed by atoms with van der Waals surface area (Å²) < 4.78 is 31.3. The molecule has 0 aliphatic rings. The summed E-state index contributed by atoms with van der Waals surface area (Å²) in [6.45, 7) is 1.82. The lowest BCUT2D eigenvalue weighted by molar-refractivity contribution is 0.436. The lowest BCUT2D eigenvalue weighted by Crippen LogP contribution is -1.90. The van der Waals surface area contributed by atoms with E-state index in [2.05, 4.69) is 4.98 Å². The second-order valence-corrected chi connectivity index (χ2v) is 3.35. The molecule has 0 saturated heterocycles. The molecule has 0 unspecified atom stereocenters. The van der Waals surface area contributed by atoms with Gasteiger partial charge < -0.3 is 4.74 Å². The van der Waals surface area contributed by atoms with Crippen LogP contribution in [0.25, 0.3) is 0 Å². The van der Waals surface area contributed by atoms with Gasteiger partial charge in [0.25, 0.3) is 0 Å². The molecule has 0 radical (unpaired) electrons. The molecule has 0 aliphatic heterocycles. The van der Waals surface area contributed by atoms with E-state index in [1.807, 2.05) is 6.92 Å². The number of benzene rings is 1. The van der Waals surface area contributed by atoms with E-state index < -0.39 is 11.8 Å². The first-order valence-corrected chi connectivity index (χ1v) is 4.71. The van der Waals surface area contributed by atoms with Crippen molar-refractivity contribution in [2.24, 2.45) is 0 Å². The van der Waals surface area contributed by atoms with E-state index in [4.69, 9.17) is 4.74 Å². The molecule has 0 spiro atoms. The molecule has 16 heavy (non-hydrogen) atoms. The molecule has 0 N–H and O–H groups in total. The van der Waals surface area contributed by atoms with Crippen LogP contribution in [0.2, 0.25) is 0 Å². The van der Waals surface area contributed by atoms with Gasteiger partial charge >= 0.3 is 0 Å². The predicted octanol–water partition coefficient (Wildman–Crippen LogP) is 3.46. The van der Waals surface area contributed by atoms with Crippen molar-refractivity contribution in [1.82, 2.24) is 4.98 Å². The molecule has 82 valence electrons. The van der Waals surface area contributed by atoms with Crippen LogP contribution in [0.4, 0.5) is 8.78 Å². The van der Waals surface area contributed by atoms with Gasteiger partial charge in [-0.2, -0.15) is 4.39 Å². The summed E-state index contributed by atoms with van der Waals surface area (Å²) in [5.74, 6) is -0.851.